The van der Waals surface area contributed by atoms with Crippen molar-refractivity contribution in [3.05, 3.63) is 59.2 Å². The van der Waals surface area contributed by atoms with Crippen molar-refractivity contribution in [1.82, 2.24) is 0 Å². The second kappa shape index (κ2) is 6.83. The monoisotopic (exact) mass is 333 g/mol. The van der Waals surface area contributed by atoms with Gasteiger partial charge in [0.15, 0.2) is 0 Å². The number of hydrogen-bond donors (Lipinski definition) is 1. The van der Waals surface area contributed by atoms with Crippen LogP contribution in [0.25, 0.3) is 0 Å². The number of esters is 1. The molecule has 0 unspecified atom stereocenters. The molecule has 2 aromatic rings. The van der Waals surface area contributed by atoms with Crippen LogP contribution in [0, 0.1) is 13.8 Å². The number of sulfonamides is 1. The zero-order valence-corrected chi connectivity index (χ0v) is 14.1. The number of benzene rings is 2. The Morgan fingerprint density at radius 1 is 1.04 bits per heavy atom. The maximum absolute atomic E-state index is 12.4. The molecule has 23 heavy (non-hydrogen) atoms. The maximum atomic E-state index is 12.4. The molecule has 6 heteroatoms. The van der Waals surface area contributed by atoms with Crippen LogP contribution in [-0.2, 0) is 14.8 Å². The quantitative estimate of drug-likeness (QED) is 0.852. The molecular formula is C17H19NO4S. The minimum Gasteiger partial charge on any atom is -0.462 e. The van der Waals surface area contributed by atoms with Gasteiger partial charge >= 0.3 is 5.97 Å². The zero-order chi connectivity index (χ0) is 17.0. The van der Waals surface area contributed by atoms with E-state index in [1.807, 2.05) is 19.9 Å². The Bertz CT molecular complexity index is 791. The van der Waals surface area contributed by atoms with Gasteiger partial charge in [-0.2, -0.15) is 0 Å². The van der Waals surface area contributed by atoms with E-state index in [9.17, 15) is 13.2 Å². The fourth-order valence-corrected chi connectivity index (χ4v) is 3.27. The minimum atomic E-state index is -3.70. The molecule has 2 rings (SSSR count). The molecule has 0 aliphatic heterocycles. The van der Waals surface area contributed by atoms with Crippen LogP contribution >= 0.6 is 0 Å². The fraction of sp³-hybridized carbons (Fsp3) is 0.235. The topological polar surface area (TPSA) is 72.5 Å². The maximum Gasteiger partial charge on any atom is 0.338 e. The average Bonchev–Trinajstić information content (AvgIpc) is 2.46. The summed E-state index contributed by atoms with van der Waals surface area (Å²) < 4.78 is 32.2. The van der Waals surface area contributed by atoms with E-state index in [0.717, 1.165) is 11.1 Å². The first-order valence-electron chi connectivity index (χ1n) is 7.20. The summed E-state index contributed by atoms with van der Waals surface area (Å²) >= 11 is 0. The molecular weight excluding hydrogens is 314 g/mol. The SMILES string of the molecule is CCOC(=O)c1ccc(S(=O)(=O)Nc2cc(C)cc(C)c2)cc1. The molecule has 0 bridgehead atoms. The van der Waals surface area contributed by atoms with Gasteiger partial charge in [0, 0.05) is 5.69 Å². The van der Waals surface area contributed by atoms with Crippen LogP contribution in [0.2, 0.25) is 0 Å². The minimum absolute atomic E-state index is 0.0877. The molecule has 0 heterocycles. The molecule has 0 saturated heterocycles. The van der Waals surface area contributed by atoms with Crippen LogP contribution in [0.4, 0.5) is 5.69 Å². The third kappa shape index (κ3) is 4.32. The second-order valence-corrected chi connectivity index (χ2v) is 6.91. The van der Waals surface area contributed by atoms with Gasteiger partial charge in [-0.15, -0.1) is 0 Å². The third-order valence-electron chi connectivity index (χ3n) is 3.15. The van der Waals surface area contributed by atoms with Crippen molar-refractivity contribution in [2.75, 3.05) is 11.3 Å². The van der Waals surface area contributed by atoms with Crippen LogP contribution in [-0.4, -0.2) is 21.0 Å². The van der Waals surface area contributed by atoms with Crippen molar-refractivity contribution >= 4 is 21.7 Å². The van der Waals surface area contributed by atoms with Crippen molar-refractivity contribution in [3.63, 3.8) is 0 Å². The number of aryl methyl sites for hydroxylation is 2. The summed E-state index contributed by atoms with van der Waals surface area (Å²) in [5, 5.41) is 0. The van der Waals surface area contributed by atoms with Crippen molar-refractivity contribution < 1.29 is 17.9 Å². The Morgan fingerprint density at radius 3 is 2.13 bits per heavy atom. The van der Waals surface area contributed by atoms with E-state index in [2.05, 4.69) is 4.72 Å². The Labute approximate surface area is 136 Å². The van der Waals surface area contributed by atoms with Gasteiger partial charge in [0.25, 0.3) is 10.0 Å². The van der Waals surface area contributed by atoms with Gasteiger partial charge < -0.3 is 4.74 Å². The second-order valence-electron chi connectivity index (χ2n) is 5.23. The van der Waals surface area contributed by atoms with E-state index in [-0.39, 0.29) is 11.5 Å². The van der Waals surface area contributed by atoms with Crippen molar-refractivity contribution in [3.8, 4) is 0 Å². The molecule has 0 radical (unpaired) electrons. The van der Waals surface area contributed by atoms with Gasteiger partial charge in [-0.05, 0) is 68.3 Å². The molecule has 0 spiro atoms. The average molecular weight is 333 g/mol. The van der Waals surface area contributed by atoms with E-state index in [4.69, 9.17) is 4.74 Å². The van der Waals surface area contributed by atoms with Gasteiger partial charge in [0.05, 0.1) is 17.1 Å². The van der Waals surface area contributed by atoms with Gasteiger partial charge in [0.1, 0.15) is 0 Å². The van der Waals surface area contributed by atoms with Gasteiger partial charge in [-0.1, -0.05) is 6.07 Å². The van der Waals surface area contributed by atoms with E-state index >= 15 is 0 Å². The van der Waals surface area contributed by atoms with E-state index < -0.39 is 16.0 Å². The third-order valence-corrected chi connectivity index (χ3v) is 4.55. The van der Waals surface area contributed by atoms with Crippen molar-refractivity contribution in [1.29, 1.82) is 0 Å². The Morgan fingerprint density at radius 2 is 1.61 bits per heavy atom. The molecule has 1 N–H and O–H groups in total. The lowest BCUT2D eigenvalue weighted by Crippen LogP contribution is -2.13. The van der Waals surface area contributed by atoms with Crippen LogP contribution in [0.5, 0.6) is 0 Å². The first kappa shape index (κ1) is 17.0. The summed E-state index contributed by atoms with van der Waals surface area (Å²) in [4.78, 5) is 11.7. The van der Waals surface area contributed by atoms with E-state index in [1.54, 1.807) is 19.1 Å². The Hall–Kier alpha value is -2.34. The highest BCUT2D eigenvalue weighted by atomic mass is 32.2. The van der Waals surface area contributed by atoms with Crippen LogP contribution in [0.15, 0.2) is 47.4 Å². The number of ether oxygens (including phenoxy) is 1. The Kier molecular flexibility index (Phi) is 5.05. The first-order valence-corrected chi connectivity index (χ1v) is 8.68. The number of nitrogens with one attached hydrogen (secondary N) is 1. The summed E-state index contributed by atoms with van der Waals surface area (Å²) in [6, 6.07) is 11.1. The predicted octanol–water partition coefficient (Wildman–Crippen LogP) is 3.28. The smallest absolute Gasteiger partial charge is 0.338 e. The summed E-state index contributed by atoms with van der Waals surface area (Å²) in [7, 11) is -3.70. The summed E-state index contributed by atoms with van der Waals surface area (Å²) in [5.74, 6) is -0.473. The van der Waals surface area contributed by atoms with Crippen molar-refractivity contribution in [2.24, 2.45) is 0 Å². The number of hydrogen-bond acceptors (Lipinski definition) is 4. The van der Waals surface area contributed by atoms with Gasteiger partial charge in [-0.25, -0.2) is 13.2 Å². The number of rotatable bonds is 5. The van der Waals surface area contributed by atoms with Gasteiger partial charge in [0.2, 0.25) is 0 Å². The highest BCUT2D eigenvalue weighted by molar-refractivity contribution is 7.92. The molecule has 0 aliphatic carbocycles. The lowest BCUT2D eigenvalue weighted by atomic mass is 10.1. The molecule has 0 aliphatic rings. The molecule has 5 nitrogen and oxygen atoms in total. The fourth-order valence-electron chi connectivity index (χ4n) is 2.23. The lowest BCUT2D eigenvalue weighted by Gasteiger charge is -2.10. The molecule has 122 valence electrons. The van der Waals surface area contributed by atoms with Crippen LogP contribution in [0.1, 0.15) is 28.4 Å². The zero-order valence-electron chi connectivity index (χ0n) is 13.3. The molecule has 0 aromatic heterocycles. The van der Waals surface area contributed by atoms with Crippen LogP contribution in [0.3, 0.4) is 0 Å². The summed E-state index contributed by atoms with van der Waals surface area (Å²) in [6.45, 7) is 5.79. The standard InChI is InChI=1S/C17H19NO4S/c1-4-22-17(19)14-5-7-16(8-6-14)23(20,21)18-15-10-12(2)9-13(3)11-15/h5-11,18H,4H2,1-3H3. The highest BCUT2D eigenvalue weighted by Gasteiger charge is 2.16. The molecule has 0 amide bonds. The van der Waals surface area contributed by atoms with Gasteiger partial charge in [-0.3, -0.25) is 4.72 Å². The molecule has 0 atom stereocenters. The molecule has 0 saturated carbocycles. The number of carbonyl (C=O) groups is 1. The van der Waals surface area contributed by atoms with Crippen molar-refractivity contribution in [2.45, 2.75) is 25.7 Å². The molecule has 0 fully saturated rings. The normalized spacial score (nSPS) is 11.1. The lowest BCUT2D eigenvalue weighted by molar-refractivity contribution is 0.0526. The Balaban J connectivity index is 2.24. The first-order chi connectivity index (χ1) is 10.8. The highest BCUT2D eigenvalue weighted by Crippen LogP contribution is 2.19. The van der Waals surface area contributed by atoms with Crippen LogP contribution < -0.4 is 4.72 Å². The molecule has 2 aromatic carbocycles. The number of anilines is 1. The van der Waals surface area contributed by atoms with E-state index in [0.29, 0.717) is 11.3 Å². The van der Waals surface area contributed by atoms with E-state index in [1.165, 1.54) is 24.3 Å². The largest absolute Gasteiger partial charge is 0.462 e. The summed E-state index contributed by atoms with van der Waals surface area (Å²) in [5.41, 5.74) is 2.77. The summed E-state index contributed by atoms with van der Waals surface area (Å²) in [6.07, 6.45) is 0. The number of carbonyl (C=O) groups excluding carboxylic acids is 1. The predicted molar refractivity (Wildman–Crippen MR) is 89.1 cm³/mol.